The van der Waals surface area contributed by atoms with Crippen LogP contribution in [0.15, 0.2) is 48.5 Å². The molecule has 6 nitrogen and oxygen atoms in total. The van der Waals surface area contributed by atoms with Crippen molar-refractivity contribution in [2.24, 2.45) is 5.92 Å². The van der Waals surface area contributed by atoms with E-state index >= 15 is 0 Å². The van der Waals surface area contributed by atoms with Crippen LogP contribution in [0.5, 0.6) is 0 Å². The Morgan fingerprint density at radius 3 is 2.21 bits per heavy atom. The number of rotatable bonds is 6. The third kappa shape index (κ3) is 6.20. The zero-order chi connectivity index (χ0) is 23.2. The Kier molecular flexibility index (Phi) is 7.77. The van der Waals surface area contributed by atoms with Crippen molar-refractivity contribution in [1.82, 2.24) is 15.1 Å². The van der Waals surface area contributed by atoms with Crippen molar-refractivity contribution >= 4 is 11.6 Å². The first-order chi connectivity index (χ1) is 16.0. The van der Waals surface area contributed by atoms with Crippen molar-refractivity contribution in [3.63, 3.8) is 0 Å². The van der Waals surface area contributed by atoms with Crippen LogP contribution < -0.4 is 10.2 Å². The topological polar surface area (TPSA) is 62.6 Å². The molecule has 1 atom stereocenters. The number of nitriles is 1. The maximum absolute atomic E-state index is 13.1. The van der Waals surface area contributed by atoms with Crippen LogP contribution in [-0.4, -0.2) is 61.5 Å². The second-order valence-electron chi connectivity index (χ2n) is 9.51. The lowest BCUT2D eigenvalue weighted by Crippen LogP contribution is -2.48. The third-order valence-corrected chi connectivity index (χ3v) is 6.94. The average molecular weight is 446 g/mol. The maximum Gasteiger partial charge on any atom is 0.229 e. The fourth-order valence-electron chi connectivity index (χ4n) is 4.92. The highest BCUT2D eigenvalue weighted by atomic mass is 16.2. The van der Waals surface area contributed by atoms with Crippen molar-refractivity contribution in [3.8, 4) is 6.07 Å². The molecule has 2 heterocycles. The minimum Gasteiger partial charge on any atom is -0.315 e. The van der Waals surface area contributed by atoms with E-state index in [1.165, 1.54) is 11.1 Å². The van der Waals surface area contributed by atoms with Gasteiger partial charge in [0, 0.05) is 57.4 Å². The van der Waals surface area contributed by atoms with E-state index in [4.69, 9.17) is 5.26 Å². The number of hydrogen-bond donors (Lipinski definition) is 1. The summed E-state index contributed by atoms with van der Waals surface area (Å²) < 4.78 is 0. The molecule has 0 unspecified atom stereocenters. The predicted octanol–water partition coefficient (Wildman–Crippen LogP) is 3.23. The number of nitrogens with one attached hydrogen (secondary N) is 1. The molecule has 2 saturated heterocycles. The summed E-state index contributed by atoms with van der Waals surface area (Å²) in [4.78, 5) is 19.8. The summed E-state index contributed by atoms with van der Waals surface area (Å²) in [5, 5.41) is 12.4. The van der Waals surface area contributed by atoms with E-state index in [1.54, 1.807) is 0 Å². The molecule has 2 fully saturated rings. The van der Waals surface area contributed by atoms with Gasteiger partial charge in [0.2, 0.25) is 5.91 Å². The van der Waals surface area contributed by atoms with Gasteiger partial charge in [-0.1, -0.05) is 24.3 Å². The molecule has 0 aromatic heterocycles. The zero-order valence-corrected chi connectivity index (χ0v) is 19.8. The summed E-state index contributed by atoms with van der Waals surface area (Å²) in [6.45, 7) is 9.10. The molecule has 0 bridgehead atoms. The first-order valence-electron chi connectivity index (χ1n) is 12.1. The van der Waals surface area contributed by atoms with Gasteiger partial charge in [0.25, 0.3) is 0 Å². The highest BCUT2D eigenvalue weighted by molar-refractivity contribution is 5.94. The number of carbonyl (C=O) groups is 1. The van der Waals surface area contributed by atoms with Gasteiger partial charge in [0.05, 0.1) is 11.6 Å². The third-order valence-electron chi connectivity index (χ3n) is 6.94. The van der Waals surface area contributed by atoms with Crippen LogP contribution in [0.2, 0.25) is 0 Å². The van der Waals surface area contributed by atoms with Crippen molar-refractivity contribution in [2.45, 2.75) is 38.9 Å². The number of piperazine rings is 1. The molecule has 2 aromatic rings. The van der Waals surface area contributed by atoms with Crippen molar-refractivity contribution < 1.29 is 4.79 Å². The molecule has 2 aromatic carbocycles. The van der Waals surface area contributed by atoms with Gasteiger partial charge in [0.1, 0.15) is 0 Å². The zero-order valence-electron chi connectivity index (χ0n) is 19.8. The van der Waals surface area contributed by atoms with Crippen LogP contribution in [0.1, 0.15) is 36.5 Å². The molecule has 0 aliphatic carbocycles. The number of carbonyl (C=O) groups excluding carboxylic acids is 1. The first kappa shape index (κ1) is 23.4. The van der Waals surface area contributed by atoms with Gasteiger partial charge >= 0.3 is 0 Å². The van der Waals surface area contributed by atoms with Gasteiger partial charge < -0.3 is 10.2 Å². The fourth-order valence-corrected chi connectivity index (χ4v) is 4.92. The Bertz CT molecular complexity index is 958. The average Bonchev–Trinajstić information content (AvgIpc) is 2.85. The normalized spacial score (nSPS) is 20.3. The summed E-state index contributed by atoms with van der Waals surface area (Å²) in [6.07, 6.45) is 1.78. The summed E-state index contributed by atoms with van der Waals surface area (Å²) in [6, 6.07) is 19.0. The van der Waals surface area contributed by atoms with E-state index in [2.05, 4.69) is 52.4 Å². The lowest BCUT2D eigenvalue weighted by atomic mass is 9.94. The molecule has 2 aliphatic heterocycles. The minimum atomic E-state index is 0.0780. The SMILES string of the molecule is C[C@H]1CN(Cc2ccc(N(C)C(=O)C3CCN(Cc4ccc(C#N)cc4)CC3)cc2)CCN1. The van der Waals surface area contributed by atoms with Gasteiger partial charge in [0.15, 0.2) is 0 Å². The Hall–Kier alpha value is -2.72. The van der Waals surface area contributed by atoms with Gasteiger partial charge in [-0.05, 0) is 68.2 Å². The number of amides is 1. The molecule has 1 amide bonds. The molecule has 1 N–H and O–H groups in total. The van der Waals surface area contributed by atoms with Crippen molar-refractivity contribution in [2.75, 3.05) is 44.7 Å². The number of likely N-dealkylation sites (tertiary alicyclic amines) is 1. The van der Waals surface area contributed by atoms with Crippen LogP contribution in [0.4, 0.5) is 5.69 Å². The van der Waals surface area contributed by atoms with E-state index in [0.717, 1.165) is 64.3 Å². The molecular weight excluding hydrogens is 410 g/mol. The van der Waals surface area contributed by atoms with Crippen LogP contribution in [-0.2, 0) is 17.9 Å². The lowest BCUT2D eigenvalue weighted by molar-refractivity contribution is -0.123. The predicted molar refractivity (Wildman–Crippen MR) is 132 cm³/mol. The van der Waals surface area contributed by atoms with E-state index in [0.29, 0.717) is 11.6 Å². The van der Waals surface area contributed by atoms with E-state index in [-0.39, 0.29) is 11.8 Å². The molecule has 33 heavy (non-hydrogen) atoms. The molecule has 2 aliphatic rings. The summed E-state index contributed by atoms with van der Waals surface area (Å²) >= 11 is 0. The van der Waals surface area contributed by atoms with Crippen LogP contribution >= 0.6 is 0 Å². The van der Waals surface area contributed by atoms with E-state index in [1.807, 2.05) is 36.2 Å². The molecule has 0 radical (unpaired) electrons. The largest absolute Gasteiger partial charge is 0.315 e. The molecule has 4 rings (SSSR count). The van der Waals surface area contributed by atoms with Crippen LogP contribution in [0.3, 0.4) is 0 Å². The Balaban J connectivity index is 1.26. The quantitative estimate of drug-likeness (QED) is 0.740. The minimum absolute atomic E-state index is 0.0780. The summed E-state index contributed by atoms with van der Waals surface area (Å²) in [5.74, 6) is 0.297. The van der Waals surface area contributed by atoms with Crippen molar-refractivity contribution in [1.29, 1.82) is 5.26 Å². The van der Waals surface area contributed by atoms with Crippen LogP contribution in [0, 0.1) is 17.2 Å². The Morgan fingerprint density at radius 2 is 1.61 bits per heavy atom. The number of hydrogen-bond acceptors (Lipinski definition) is 5. The molecular formula is C27H35N5O. The molecule has 6 heteroatoms. The smallest absolute Gasteiger partial charge is 0.229 e. The van der Waals surface area contributed by atoms with Gasteiger partial charge in [-0.3, -0.25) is 14.6 Å². The highest BCUT2D eigenvalue weighted by Gasteiger charge is 2.28. The Morgan fingerprint density at radius 1 is 1.00 bits per heavy atom. The molecule has 0 spiro atoms. The first-order valence-corrected chi connectivity index (χ1v) is 12.1. The summed E-state index contributed by atoms with van der Waals surface area (Å²) in [7, 11) is 1.90. The second kappa shape index (κ2) is 10.9. The molecule has 0 saturated carbocycles. The monoisotopic (exact) mass is 445 g/mol. The van der Waals surface area contributed by atoms with Gasteiger partial charge in [-0.25, -0.2) is 0 Å². The van der Waals surface area contributed by atoms with Crippen LogP contribution in [0.25, 0.3) is 0 Å². The van der Waals surface area contributed by atoms with Gasteiger partial charge in [-0.15, -0.1) is 0 Å². The Labute approximate surface area is 197 Å². The number of anilines is 1. The lowest BCUT2D eigenvalue weighted by Gasteiger charge is -2.33. The van der Waals surface area contributed by atoms with Gasteiger partial charge in [-0.2, -0.15) is 5.26 Å². The fraction of sp³-hybridized carbons (Fsp3) is 0.481. The number of nitrogens with zero attached hydrogens (tertiary/aromatic N) is 4. The number of benzene rings is 2. The van der Waals surface area contributed by atoms with E-state index < -0.39 is 0 Å². The highest BCUT2D eigenvalue weighted by Crippen LogP contribution is 2.24. The second-order valence-corrected chi connectivity index (χ2v) is 9.51. The number of piperidine rings is 1. The van der Waals surface area contributed by atoms with Crippen molar-refractivity contribution in [3.05, 3.63) is 65.2 Å². The standard InChI is InChI=1S/C27H35N5O/c1-21-18-32(16-13-29-21)20-24-7-9-26(10-8-24)30(2)27(33)25-11-14-31(15-12-25)19-23-5-3-22(17-28)4-6-23/h3-10,21,25,29H,11-16,18-20H2,1-2H3/t21-/m0/s1. The maximum atomic E-state index is 13.1. The summed E-state index contributed by atoms with van der Waals surface area (Å²) in [5.41, 5.74) is 4.17. The molecule has 174 valence electrons. The van der Waals surface area contributed by atoms with E-state index in [9.17, 15) is 4.79 Å².